The Morgan fingerprint density at radius 1 is 1.04 bits per heavy atom. The van der Waals surface area contributed by atoms with Gasteiger partial charge < -0.3 is 5.32 Å². The summed E-state index contributed by atoms with van der Waals surface area (Å²) in [5.74, 6) is 0.496. The summed E-state index contributed by atoms with van der Waals surface area (Å²) >= 11 is 1.59. The zero-order chi connectivity index (χ0) is 19.4. The first-order chi connectivity index (χ1) is 12.8. The molecule has 1 N–H and O–H groups in total. The summed E-state index contributed by atoms with van der Waals surface area (Å²) in [5.41, 5.74) is 2.40. The van der Waals surface area contributed by atoms with Crippen LogP contribution in [-0.2, 0) is 19.3 Å². The van der Waals surface area contributed by atoms with E-state index in [1.165, 1.54) is 17.7 Å². The Kier molecular flexibility index (Phi) is 5.97. The van der Waals surface area contributed by atoms with Crippen LogP contribution < -0.4 is 5.32 Å². The Balaban J connectivity index is 1.59. The van der Waals surface area contributed by atoms with Crippen molar-refractivity contribution in [3.63, 3.8) is 0 Å². The summed E-state index contributed by atoms with van der Waals surface area (Å²) < 4.78 is 38.3. The largest absolute Gasteiger partial charge is 0.416 e. The number of benzene rings is 2. The van der Waals surface area contributed by atoms with Gasteiger partial charge in [0.25, 0.3) is 0 Å². The molecule has 0 aliphatic carbocycles. The van der Waals surface area contributed by atoms with Crippen molar-refractivity contribution in [2.45, 2.75) is 39.0 Å². The molecule has 3 aromatic rings. The summed E-state index contributed by atoms with van der Waals surface area (Å²) in [7, 11) is 0. The lowest BCUT2D eigenvalue weighted by atomic mass is 10.0. The molecule has 0 saturated heterocycles. The van der Waals surface area contributed by atoms with E-state index in [2.05, 4.69) is 48.4 Å². The first kappa shape index (κ1) is 19.6. The molecule has 0 unspecified atom stereocenters. The predicted molar refractivity (Wildman–Crippen MR) is 104 cm³/mol. The molecule has 0 fully saturated rings. The van der Waals surface area contributed by atoms with Crippen LogP contribution in [0.25, 0.3) is 10.4 Å². The Morgan fingerprint density at radius 3 is 2.44 bits per heavy atom. The number of nitrogens with zero attached hydrogens (tertiary/aromatic N) is 1. The fourth-order valence-corrected chi connectivity index (χ4v) is 3.62. The second-order valence-corrected chi connectivity index (χ2v) is 7.81. The molecule has 2 aromatic carbocycles. The molecule has 142 valence electrons. The van der Waals surface area contributed by atoms with E-state index in [1.54, 1.807) is 17.4 Å². The van der Waals surface area contributed by atoms with E-state index in [-0.39, 0.29) is 0 Å². The lowest BCUT2D eigenvalue weighted by Crippen LogP contribution is -2.13. The van der Waals surface area contributed by atoms with Gasteiger partial charge in [0.15, 0.2) is 0 Å². The van der Waals surface area contributed by atoms with Crippen molar-refractivity contribution in [3.05, 3.63) is 76.4 Å². The lowest BCUT2D eigenvalue weighted by Gasteiger charge is -2.09. The number of thiazole rings is 1. The summed E-state index contributed by atoms with van der Waals surface area (Å²) in [6.07, 6.45) is -2.47. The first-order valence-corrected chi connectivity index (χ1v) is 9.56. The van der Waals surface area contributed by atoms with Gasteiger partial charge in [0.1, 0.15) is 5.01 Å². The van der Waals surface area contributed by atoms with Crippen LogP contribution in [-0.4, -0.2) is 4.98 Å². The Labute approximate surface area is 161 Å². The Morgan fingerprint density at radius 2 is 1.78 bits per heavy atom. The Bertz CT molecular complexity index is 883. The second kappa shape index (κ2) is 8.23. The maximum absolute atomic E-state index is 12.8. The third kappa shape index (κ3) is 5.17. The molecule has 0 aliphatic rings. The molecule has 0 atom stereocenters. The number of hydrogen-bond donors (Lipinski definition) is 1. The van der Waals surface area contributed by atoms with Gasteiger partial charge in [-0.1, -0.05) is 56.3 Å². The number of alkyl halides is 3. The van der Waals surface area contributed by atoms with Crippen LogP contribution in [0.15, 0.2) is 54.7 Å². The van der Waals surface area contributed by atoms with Crippen molar-refractivity contribution in [2.75, 3.05) is 0 Å². The van der Waals surface area contributed by atoms with Gasteiger partial charge in [0.05, 0.1) is 10.4 Å². The zero-order valence-corrected chi connectivity index (χ0v) is 16.0. The molecule has 0 saturated carbocycles. The van der Waals surface area contributed by atoms with E-state index < -0.39 is 11.7 Å². The van der Waals surface area contributed by atoms with Gasteiger partial charge in [0, 0.05) is 19.3 Å². The molecule has 3 rings (SSSR count). The van der Waals surface area contributed by atoms with Crippen LogP contribution >= 0.6 is 11.3 Å². The molecule has 0 amide bonds. The predicted octanol–water partition coefficient (Wildman–Crippen LogP) is 6.24. The topological polar surface area (TPSA) is 24.9 Å². The lowest BCUT2D eigenvalue weighted by molar-refractivity contribution is -0.137. The fraction of sp³-hybridized carbons (Fsp3) is 0.286. The van der Waals surface area contributed by atoms with Crippen LogP contribution in [0.2, 0.25) is 0 Å². The molecule has 27 heavy (non-hydrogen) atoms. The van der Waals surface area contributed by atoms with E-state index in [0.717, 1.165) is 21.5 Å². The van der Waals surface area contributed by atoms with Gasteiger partial charge in [-0.15, -0.1) is 11.3 Å². The summed E-state index contributed by atoms with van der Waals surface area (Å²) in [6, 6.07) is 13.8. The molecule has 6 heteroatoms. The molecular formula is C21H21F3N2S. The fourth-order valence-electron chi connectivity index (χ4n) is 2.73. The van der Waals surface area contributed by atoms with E-state index in [1.807, 2.05) is 6.20 Å². The minimum Gasteiger partial charge on any atom is -0.306 e. The molecule has 0 spiro atoms. The van der Waals surface area contributed by atoms with Gasteiger partial charge in [-0.25, -0.2) is 4.98 Å². The molecule has 0 bridgehead atoms. The summed E-state index contributed by atoms with van der Waals surface area (Å²) in [6.45, 7) is 5.21. The highest BCUT2D eigenvalue weighted by molar-refractivity contribution is 7.15. The van der Waals surface area contributed by atoms with Crippen LogP contribution in [0.5, 0.6) is 0 Å². The molecule has 2 nitrogen and oxygen atoms in total. The van der Waals surface area contributed by atoms with Crippen molar-refractivity contribution in [1.82, 2.24) is 10.3 Å². The normalized spacial score (nSPS) is 11.9. The number of nitrogens with one attached hydrogen (secondary N) is 1. The number of aromatic nitrogens is 1. The number of hydrogen-bond acceptors (Lipinski definition) is 3. The molecular weight excluding hydrogens is 369 g/mol. The average Bonchev–Trinajstić information content (AvgIpc) is 3.10. The first-order valence-electron chi connectivity index (χ1n) is 8.75. The molecule has 1 heterocycles. The maximum Gasteiger partial charge on any atom is 0.416 e. The highest BCUT2D eigenvalue weighted by Gasteiger charge is 2.30. The Hall–Kier alpha value is -2.18. The van der Waals surface area contributed by atoms with Crippen molar-refractivity contribution >= 4 is 11.3 Å². The van der Waals surface area contributed by atoms with Gasteiger partial charge in [-0.3, -0.25) is 0 Å². The zero-order valence-electron chi connectivity index (χ0n) is 15.2. The molecule has 0 aliphatic heterocycles. The number of halogens is 3. The molecule has 1 aromatic heterocycles. The summed E-state index contributed by atoms with van der Waals surface area (Å²) in [4.78, 5) is 5.50. The van der Waals surface area contributed by atoms with Crippen molar-refractivity contribution in [3.8, 4) is 10.4 Å². The SMILES string of the molecule is CC(C)c1ccc(-c2cnc(CNCc3cccc(C(F)(F)F)c3)s2)cc1. The highest BCUT2D eigenvalue weighted by atomic mass is 32.1. The monoisotopic (exact) mass is 390 g/mol. The van der Waals surface area contributed by atoms with Crippen LogP contribution in [0.1, 0.15) is 41.5 Å². The van der Waals surface area contributed by atoms with Gasteiger partial charge in [0.2, 0.25) is 0 Å². The quantitative estimate of drug-likeness (QED) is 0.539. The van der Waals surface area contributed by atoms with Crippen molar-refractivity contribution < 1.29 is 13.2 Å². The van der Waals surface area contributed by atoms with Crippen LogP contribution in [0.4, 0.5) is 13.2 Å². The van der Waals surface area contributed by atoms with Crippen LogP contribution in [0.3, 0.4) is 0 Å². The van der Waals surface area contributed by atoms with Gasteiger partial charge >= 0.3 is 6.18 Å². The van der Waals surface area contributed by atoms with Gasteiger partial charge in [-0.2, -0.15) is 13.2 Å². The minimum atomic E-state index is -4.31. The van der Waals surface area contributed by atoms with Crippen molar-refractivity contribution in [2.24, 2.45) is 0 Å². The maximum atomic E-state index is 12.8. The highest BCUT2D eigenvalue weighted by Crippen LogP contribution is 2.30. The standard InChI is InChI=1S/C21H21F3N2S/c1-14(2)16-6-8-17(9-7-16)19-12-26-20(27-19)13-25-11-15-4-3-5-18(10-15)21(22,23)24/h3-10,12,14,25H,11,13H2,1-2H3. The molecule has 0 radical (unpaired) electrons. The van der Waals surface area contributed by atoms with Crippen molar-refractivity contribution in [1.29, 1.82) is 0 Å². The minimum absolute atomic E-state index is 0.363. The summed E-state index contributed by atoms with van der Waals surface area (Å²) in [5, 5.41) is 4.07. The van der Waals surface area contributed by atoms with Crippen LogP contribution in [0, 0.1) is 0 Å². The third-order valence-electron chi connectivity index (χ3n) is 4.28. The van der Waals surface area contributed by atoms with E-state index in [0.29, 0.717) is 24.6 Å². The third-order valence-corrected chi connectivity index (χ3v) is 5.32. The van der Waals surface area contributed by atoms with E-state index in [4.69, 9.17) is 0 Å². The average molecular weight is 390 g/mol. The van der Waals surface area contributed by atoms with E-state index in [9.17, 15) is 13.2 Å². The second-order valence-electron chi connectivity index (χ2n) is 6.70. The number of rotatable bonds is 6. The smallest absolute Gasteiger partial charge is 0.306 e. The van der Waals surface area contributed by atoms with E-state index >= 15 is 0 Å². The van der Waals surface area contributed by atoms with Gasteiger partial charge in [-0.05, 0) is 28.7 Å².